The third-order valence-electron chi connectivity index (χ3n) is 6.56. The summed E-state index contributed by atoms with van der Waals surface area (Å²) in [6, 6.07) is 6.18. The Morgan fingerprint density at radius 3 is 2.46 bits per heavy atom. The topological polar surface area (TPSA) is 49.7 Å². The van der Waals surface area contributed by atoms with E-state index in [2.05, 4.69) is 47.6 Å². The Morgan fingerprint density at radius 1 is 1.21 bits per heavy atom. The predicted molar refractivity (Wildman–Crippen MR) is 96.3 cm³/mol. The maximum atomic E-state index is 11.2. The van der Waals surface area contributed by atoms with Crippen LogP contribution < -0.4 is 4.74 Å². The zero-order valence-electron chi connectivity index (χ0n) is 15.9. The van der Waals surface area contributed by atoms with E-state index in [9.17, 15) is 10.2 Å². The molecule has 4 atom stereocenters. The highest BCUT2D eigenvalue weighted by Gasteiger charge is 2.64. The smallest absolute Gasteiger partial charge is 0.128 e. The first-order valence-electron chi connectivity index (χ1n) is 9.10. The van der Waals surface area contributed by atoms with Gasteiger partial charge in [-0.15, -0.1) is 0 Å². The van der Waals surface area contributed by atoms with Gasteiger partial charge in [-0.2, -0.15) is 0 Å². The van der Waals surface area contributed by atoms with Crippen molar-refractivity contribution in [1.29, 1.82) is 0 Å². The van der Waals surface area contributed by atoms with E-state index in [1.165, 1.54) is 5.56 Å². The number of benzene rings is 1. The highest BCUT2D eigenvalue weighted by Crippen LogP contribution is 2.62. The molecule has 2 bridgehead atoms. The van der Waals surface area contributed by atoms with Gasteiger partial charge in [0, 0.05) is 0 Å². The Bertz CT molecular complexity index is 628. The van der Waals surface area contributed by atoms with Crippen molar-refractivity contribution >= 4 is 0 Å². The summed E-state index contributed by atoms with van der Waals surface area (Å²) in [7, 11) is 0. The maximum Gasteiger partial charge on any atom is 0.128 e. The van der Waals surface area contributed by atoms with Gasteiger partial charge in [0.2, 0.25) is 0 Å². The molecule has 1 aromatic rings. The molecule has 0 radical (unpaired) electrons. The summed E-state index contributed by atoms with van der Waals surface area (Å²) in [4.78, 5) is 0. The Morgan fingerprint density at radius 2 is 1.88 bits per heavy atom. The number of aliphatic hydroxyl groups excluding tert-OH is 1. The first-order valence-corrected chi connectivity index (χ1v) is 9.10. The van der Waals surface area contributed by atoms with Crippen molar-refractivity contribution in [3.63, 3.8) is 0 Å². The van der Waals surface area contributed by atoms with Crippen LogP contribution in [0.15, 0.2) is 18.2 Å². The van der Waals surface area contributed by atoms with Crippen LogP contribution in [0.1, 0.15) is 58.6 Å². The van der Waals surface area contributed by atoms with E-state index < -0.39 is 11.7 Å². The molecule has 3 heteroatoms. The molecule has 3 saturated carbocycles. The molecule has 0 heterocycles. The van der Waals surface area contributed by atoms with Gasteiger partial charge in [-0.25, -0.2) is 0 Å². The molecule has 0 saturated heterocycles. The van der Waals surface area contributed by atoms with Crippen LogP contribution in [0.5, 0.6) is 5.75 Å². The molecule has 134 valence electrons. The van der Waals surface area contributed by atoms with Crippen molar-refractivity contribution in [3.8, 4) is 5.75 Å². The van der Waals surface area contributed by atoms with Crippen molar-refractivity contribution in [3.05, 3.63) is 29.3 Å². The fraction of sp³-hybridized carbons (Fsp3) is 0.714. The minimum absolute atomic E-state index is 0.0318. The summed E-state index contributed by atoms with van der Waals surface area (Å²) >= 11 is 0. The average molecular weight is 332 g/mol. The molecular formula is C21H32O3. The zero-order valence-corrected chi connectivity index (χ0v) is 15.9. The van der Waals surface area contributed by atoms with Gasteiger partial charge in [-0.1, -0.05) is 52.3 Å². The number of fused-ring (bicyclic) bond motifs is 2. The van der Waals surface area contributed by atoms with Crippen molar-refractivity contribution in [2.45, 2.75) is 71.5 Å². The van der Waals surface area contributed by atoms with Crippen LogP contribution in [0.25, 0.3) is 0 Å². The summed E-state index contributed by atoms with van der Waals surface area (Å²) in [5.74, 6) is 1.43. The van der Waals surface area contributed by atoms with Crippen LogP contribution >= 0.6 is 0 Å². The van der Waals surface area contributed by atoms with E-state index >= 15 is 0 Å². The molecule has 0 aromatic heterocycles. The second-order valence-corrected chi connectivity index (χ2v) is 9.59. The molecule has 24 heavy (non-hydrogen) atoms. The van der Waals surface area contributed by atoms with Gasteiger partial charge >= 0.3 is 0 Å². The van der Waals surface area contributed by atoms with Crippen molar-refractivity contribution in [2.24, 2.45) is 17.3 Å². The first-order chi connectivity index (χ1) is 11.0. The van der Waals surface area contributed by atoms with E-state index in [1.54, 1.807) is 0 Å². The Labute approximate surface area is 146 Å². The Kier molecular flexibility index (Phi) is 4.05. The lowest BCUT2D eigenvalue weighted by Gasteiger charge is -2.64. The monoisotopic (exact) mass is 332 g/mol. The maximum absolute atomic E-state index is 11.2. The van der Waals surface area contributed by atoms with Gasteiger partial charge in [0.1, 0.15) is 18.0 Å². The minimum Gasteiger partial charge on any atom is -0.490 e. The molecule has 3 nitrogen and oxygen atoms in total. The molecule has 0 unspecified atom stereocenters. The van der Waals surface area contributed by atoms with Crippen LogP contribution in [0, 0.1) is 24.2 Å². The summed E-state index contributed by atoms with van der Waals surface area (Å²) < 4.78 is 6.11. The van der Waals surface area contributed by atoms with Gasteiger partial charge in [-0.3, -0.25) is 0 Å². The summed E-state index contributed by atoms with van der Waals surface area (Å²) in [6.07, 6.45) is 0.964. The number of aliphatic hydroxyl groups is 2. The highest BCUT2D eigenvalue weighted by atomic mass is 16.5. The van der Waals surface area contributed by atoms with Crippen molar-refractivity contribution in [1.82, 2.24) is 0 Å². The number of aryl methyl sites for hydroxylation is 1. The number of hydrogen-bond acceptors (Lipinski definition) is 3. The van der Waals surface area contributed by atoms with E-state index in [4.69, 9.17) is 4.74 Å². The van der Waals surface area contributed by atoms with Gasteiger partial charge in [0.05, 0.1) is 6.10 Å². The third-order valence-corrected chi connectivity index (χ3v) is 6.56. The van der Waals surface area contributed by atoms with Crippen LogP contribution in [0.3, 0.4) is 0 Å². The van der Waals surface area contributed by atoms with E-state index in [-0.39, 0.29) is 23.4 Å². The van der Waals surface area contributed by atoms with Crippen LogP contribution in [-0.2, 0) is 5.41 Å². The molecule has 1 aromatic carbocycles. The number of ether oxygens (including phenoxy) is 1. The molecule has 0 amide bonds. The molecule has 3 fully saturated rings. The lowest BCUT2D eigenvalue weighted by molar-refractivity contribution is -0.262. The van der Waals surface area contributed by atoms with Gasteiger partial charge in [0.25, 0.3) is 0 Å². The Balaban J connectivity index is 1.83. The molecule has 4 rings (SSSR count). The van der Waals surface area contributed by atoms with Crippen LogP contribution in [-0.4, -0.2) is 28.5 Å². The fourth-order valence-corrected chi connectivity index (χ4v) is 4.72. The quantitative estimate of drug-likeness (QED) is 0.884. The van der Waals surface area contributed by atoms with E-state index in [0.717, 1.165) is 17.7 Å². The first kappa shape index (κ1) is 17.8. The van der Waals surface area contributed by atoms with E-state index in [1.807, 2.05) is 12.1 Å². The van der Waals surface area contributed by atoms with Crippen LogP contribution in [0.2, 0.25) is 0 Å². The number of hydrogen-bond donors (Lipinski definition) is 2. The molecular weight excluding hydrogens is 300 g/mol. The predicted octanol–water partition coefficient (Wildman–Crippen LogP) is 3.83. The summed E-state index contributed by atoms with van der Waals surface area (Å²) in [5.41, 5.74) is 1.24. The second-order valence-electron chi connectivity index (χ2n) is 9.59. The lowest BCUT2D eigenvalue weighted by Crippen LogP contribution is -2.69. The van der Waals surface area contributed by atoms with Crippen molar-refractivity contribution in [2.75, 3.05) is 6.61 Å². The summed E-state index contributed by atoms with van der Waals surface area (Å²) in [6.45, 7) is 13.1. The third kappa shape index (κ3) is 2.66. The Hall–Kier alpha value is -1.06. The SMILES string of the molecule is Cc1ccc(OC[C@@]2(O)[C@@H]3C[C@H](C[C@@H]2O)C3(C)C)c(C(C)(C)C)c1. The largest absolute Gasteiger partial charge is 0.490 e. The molecule has 0 spiro atoms. The van der Waals surface area contributed by atoms with Crippen molar-refractivity contribution < 1.29 is 14.9 Å². The number of rotatable bonds is 3. The van der Waals surface area contributed by atoms with Gasteiger partial charge < -0.3 is 14.9 Å². The standard InChI is InChI=1S/C21H32O3/c1-13-7-8-16(15(9-13)19(2,3)4)24-12-21(23)17-10-14(11-18(21)22)20(17,5)6/h7-9,14,17-18,22-23H,10-12H2,1-6H3/t14-,17-,18+,21-/m1/s1. The van der Waals surface area contributed by atoms with E-state index in [0.29, 0.717) is 12.3 Å². The minimum atomic E-state index is -1.15. The molecule has 0 aliphatic heterocycles. The average Bonchev–Trinajstić information content (AvgIpc) is 2.47. The second kappa shape index (κ2) is 5.47. The fourth-order valence-electron chi connectivity index (χ4n) is 4.72. The summed E-state index contributed by atoms with van der Waals surface area (Å²) in [5, 5.41) is 21.7. The lowest BCUT2D eigenvalue weighted by atomic mass is 9.43. The van der Waals surface area contributed by atoms with Gasteiger partial charge in [-0.05, 0) is 54.1 Å². The van der Waals surface area contributed by atoms with Crippen LogP contribution in [0.4, 0.5) is 0 Å². The molecule has 3 aliphatic carbocycles. The highest BCUT2D eigenvalue weighted by molar-refractivity contribution is 5.41. The molecule has 2 N–H and O–H groups in total. The van der Waals surface area contributed by atoms with Gasteiger partial charge in [0.15, 0.2) is 0 Å². The molecule has 3 aliphatic rings. The normalized spacial score (nSPS) is 34.6. The zero-order chi connectivity index (χ0) is 17.9.